The molecule has 0 aromatic heterocycles. The van der Waals surface area contributed by atoms with E-state index in [4.69, 9.17) is 12.2 Å². The Balaban J connectivity index is 3.13. The molecular weight excluding hydrogens is 254 g/mol. The number of rotatable bonds is 14. The molecular formula is C16H29NOS. The maximum absolute atomic E-state index is 9.90. The molecule has 0 aromatic rings. The van der Waals surface area contributed by atoms with E-state index in [1.165, 1.54) is 64.2 Å². The molecule has 110 valence electrons. The first-order valence-corrected chi connectivity index (χ1v) is 8.27. The number of hydrogen-bond donors (Lipinski definition) is 0. The van der Waals surface area contributed by atoms with E-state index in [1.807, 2.05) is 0 Å². The number of carbonyl (C=O) groups excluding carboxylic acids is 1. The minimum absolute atomic E-state index is 0.514. The van der Waals surface area contributed by atoms with Crippen molar-refractivity contribution in [3.63, 3.8) is 0 Å². The Morgan fingerprint density at radius 2 is 1.42 bits per heavy atom. The van der Waals surface area contributed by atoms with Crippen molar-refractivity contribution in [3.8, 4) is 0 Å². The van der Waals surface area contributed by atoms with Crippen molar-refractivity contribution in [1.82, 2.24) is 0 Å². The fourth-order valence-corrected chi connectivity index (χ4v) is 2.40. The topological polar surface area (TPSA) is 29.4 Å². The van der Waals surface area contributed by atoms with Gasteiger partial charge in [0.25, 0.3) is 0 Å². The van der Waals surface area contributed by atoms with Crippen molar-refractivity contribution in [3.05, 3.63) is 0 Å². The minimum atomic E-state index is 0.514. The fourth-order valence-electron chi connectivity index (χ4n) is 2.16. The van der Waals surface area contributed by atoms with Gasteiger partial charge in [-0.2, -0.15) is 0 Å². The van der Waals surface area contributed by atoms with Crippen molar-refractivity contribution >= 4 is 23.2 Å². The fraction of sp³-hybridized carbons (Fsp3) is 0.875. The van der Waals surface area contributed by atoms with Crippen molar-refractivity contribution in [1.29, 1.82) is 0 Å². The summed E-state index contributed by atoms with van der Waals surface area (Å²) in [4.78, 5) is 14.5. The maximum Gasteiger partial charge on any atom is 0.234 e. The lowest BCUT2D eigenvalue weighted by molar-refractivity contribution is 0.559. The van der Waals surface area contributed by atoms with Crippen molar-refractivity contribution < 1.29 is 4.79 Å². The Morgan fingerprint density at radius 3 is 1.95 bits per heavy atom. The lowest BCUT2D eigenvalue weighted by Gasteiger charge is -2.03. The highest BCUT2D eigenvalue weighted by atomic mass is 32.1. The lowest BCUT2D eigenvalue weighted by Crippen LogP contribution is -1.97. The molecule has 0 radical (unpaired) electrons. The first kappa shape index (κ1) is 18.5. The first-order chi connectivity index (χ1) is 9.31. The molecule has 0 aliphatic rings. The summed E-state index contributed by atoms with van der Waals surface area (Å²) in [6.45, 7) is 2.77. The van der Waals surface area contributed by atoms with Gasteiger partial charge in [-0.1, -0.05) is 76.9 Å². The van der Waals surface area contributed by atoms with Crippen LogP contribution in [-0.4, -0.2) is 17.5 Å². The van der Waals surface area contributed by atoms with Crippen molar-refractivity contribution in [2.45, 2.75) is 84.0 Å². The Morgan fingerprint density at radius 1 is 0.895 bits per heavy atom. The zero-order valence-electron chi connectivity index (χ0n) is 12.5. The van der Waals surface area contributed by atoms with Crippen LogP contribution in [-0.2, 0) is 4.79 Å². The molecule has 0 fully saturated rings. The number of thiocarbonyl (C=S) groups is 1. The van der Waals surface area contributed by atoms with Crippen LogP contribution in [0, 0.1) is 0 Å². The molecule has 0 rings (SSSR count). The van der Waals surface area contributed by atoms with Gasteiger partial charge in [0, 0.05) is 0 Å². The molecule has 3 heteroatoms. The number of unbranched alkanes of at least 4 members (excludes halogenated alkanes) is 9. The van der Waals surface area contributed by atoms with Crippen LogP contribution in [0.2, 0.25) is 0 Å². The Labute approximate surface area is 124 Å². The van der Waals surface area contributed by atoms with Crippen LogP contribution in [0.5, 0.6) is 0 Å². The third kappa shape index (κ3) is 15.4. The van der Waals surface area contributed by atoms with E-state index >= 15 is 0 Å². The first-order valence-electron chi connectivity index (χ1n) is 7.86. The monoisotopic (exact) mass is 283 g/mol. The number of hydrogen-bond acceptors (Lipinski definition) is 3. The van der Waals surface area contributed by atoms with Gasteiger partial charge in [0.05, 0.1) is 6.54 Å². The van der Waals surface area contributed by atoms with Crippen LogP contribution in [0.1, 0.15) is 84.0 Å². The van der Waals surface area contributed by atoms with Gasteiger partial charge >= 0.3 is 0 Å². The number of isocyanates is 1. The maximum atomic E-state index is 9.90. The molecule has 0 saturated carbocycles. The minimum Gasteiger partial charge on any atom is -0.211 e. The summed E-state index contributed by atoms with van der Waals surface area (Å²) in [7, 11) is 0. The predicted octanol–water partition coefficient (Wildman–Crippen LogP) is 5.39. The summed E-state index contributed by atoms with van der Waals surface area (Å²) in [6.07, 6.45) is 16.9. The van der Waals surface area contributed by atoms with E-state index in [9.17, 15) is 4.79 Å². The summed E-state index contributed by atoms with van der Waals surface area (Å²) >= 11 is 5.24. The molecule has 0 aromatic carbocycles. The van der Waals surface area contributed by atoms with Crippen LogP contribution >= 0.6 is 12.2 Å². The van der Waals surface area contributed by atoms with Crippen LogP contribution in [0.15, 0.2) is 4.99 Å². The van der Waals surface area contributed by atoms with Gasteiger partial charge in [-0.25, -0.2) is 9.79 Å². The summed E-state index contributed by atoms with van der Waals surface area (Å²) in [5.74, 6) is 0. The van der Waals surface area contributed by atoms with Crippen molar-refractivity contribution in [2.75, 3.05) is 6.54 Å². The lowest BCUT2D eigenvalue weighted by atomic mass is 10.0. The van der Waals surface area contributed by atoms with Gasteiger partial charge in [0.1, 0.15) is 0 Å². The molecule has 0 heterocycles. The average molecular weight is 283 g/mol. The molecule has 0 N–H and O–H groups in total. The highest BCUT2D eigenvalue weighted by molar-refractivity contribution is 7.80. The predicted molar refractivity (Wildman–Crippen MR) is 86.7 cm³/mol. The molecule has 0 aliphatic heterocycles. The molecule has 0 aliphatic carbocycles. The number of aliphatic imine (C=N–C) groups is 1. The van der Waals surface area contributed by atoms with E-state index in [-0.39, 0.29) is 0 Å². The third-order valence-corrected chi connectivity index (χ3v) is 3.78. The van der Waals surface area contributed by atoms with Gasteiger partial charge in [-0.05, 0) is 24.1 Å². The third-order valence-electron chi connectivity index (χ3n) is 3.38. The van der Waals surface area contributed by atoms with Crippen LogP contribution in [0.25, 0.3) is 0 Å². The molecule has 0 saturated heterocycles. The van der Waals surface area contributed by atoms with Crippen LogP contribution in [0.4, 0.5) is 0 Å². The Kier molecular flexibility index (Phi) is 15.1. The van der Waals surface area contributed by atoms with Gasteiger partial charge in [0.15, 0.2) is 0 Å². The number of nitrogens with zero attached hydrogens (tertiary/aromatic N) is 1. The van der Waals surface area contributed by atoms with Crippen molar-refractivity contribution in [2.24, 2.45) is 4.99 Å². The molecule has 19 heavy (non-hydrogen) atoms. The van der Waals surface area contributed by atoms with E-state index in [1.54, 1.807) is 6.08 Å². The zero-order valence-corrected chi connectivity index (χ0v) is 13.3. The standard InChI is InChI=1S/C16H29NOS/c1-2-3-4-5-6-7-8-9-10-11-12-16(19)13-14-17-15-18/h2-14H2,1H3. The normalized spacial score (nSPS) is 10.2. The van der Waals surface area contributed by atoms with E-state index in [0.717, 1.165) is 17.7 Å². The Hall–Kier alpha value is -0.530. The molecule has 0 amide bonds. The smallest absolute Gasteiger partial charge is 0.211 e. The zero-order chi connectivity index (χ0) is 14.2. The van der Waals surface area contributed by atoms with E-state index in [2.05, 4.69) is 11.9 Å². The second-order valence-electron chi connectivity index (χ2n) is 5.19. The largest absolute Gasteiger partial charge is 0.234 e. The summed E-state index contributed by atoms with van der Waals surface area (Å²) in [6, 6.07) is 0. The summed E-state index contributed by atoms with van der Waals surface area (Å²) in [5, 5.41) is 0. The molecule has 2 nitrogen and oxygen atoms in total. The second kappa shape index (κ2) is 15.5. The van der Waals surface area contributed by atoms with Gasteiger partial charge < -0.3 is 0 Å². The van der Waals surface area contributed by atoms with Crippen LogP contribution < -0.4 is 0 Å². The van der Waals surface area contributed by atoms with E-state index in [0.29, 0.717) is 6.54 Å². The average Bonchev–Trinajstić information content (AvgIpc) is 2.41. The highest BCUT2D eigenvalue weighted by Gasteiger charge is 1.97. The SMILES string of the molecule is CCCCCCCCCCCCC(=S)CCN=C=O. The van der Waals surface area contributed by atoms with Crippen LogP contribution in [0.3, 0.4) is 0 Å². The second-order valence-corrected chi connectivity index (χ2v) is 5.77. The van der Waals surface area contributed by atoms with Gasteiger partial charge in [-0.15, -0.1) is 0 Å². The molecule has 0 spiro atoms. The van der Waals surface area contributed by atoms with Gasteiger partial charge in [-0.3, -0.25) is 0 Å². The van der Waals surface area contributed by atoms with E-state index < -0.39 is 0 Å². The van der Waals surface area contributed by atoms with Gasteiger partial charge in [0.2, 0.25) is 6.08 Å². The molecule has 0 bridgehead atoms. The molecule has 0 unspecified atom stereocenters. The molecule has 0 atom stereocenters. The summed E-state index contributed by atoms with van der Waals surface area (Å²) in [5.41, 5.74) is 0. The highest BCUT2D eigenvalue weighted by Crippen LogP contribution is 2.12. The quantitative estimate of drug-likeness (QED) is 0.185. The Bertz CT molecular complexity index is 259. The summed E-state index contributed by atoms with van der Waals surface area (Å²) < 4.78 is 0.